The Hall–Kier alpha value is -2.05. The third-order valence-electron chi connectivity index (χ3n) is 3.12. The van der Waals surface area contributed by atoms with E-state index in [0.717, 1.165) is 11.0 Å². The molecule has 1 N–H and O–H groups in total. The number of nitrogens with zero attached hydrogens (tertiary/aromatic N) is 1. The fourth-order valence-corrected chi connectivity index (χ4v) is 2.43. The summed E-state index contributed by atoms with van der Waals surface area (Å²) in [5.74, 6) is -1.28. The number of carbonyl (C=O) groups excluding carboxylic acids is 3. The van der Waals surface area contributed by atoms with Gasteiger partial charge >= 0.3 is 12.0 Å². The van der Waals surface area contributed by atoms with Crippen LogP contribution >= 0.6 is 23.2 Å². The molecule has 0 radical (unpaired) electrons. The van der Waals surface area contributed by atoms with E-state index in [4.69, 9.17) is 27.9 Å². The van der Waals surface area contributed by atoms with E-state index in [1.54, 1.807) is 18.2 Å². The van der Waals surface area contributed by atoms with Crippen LogP contribution in [0.25, 0.3) is 6.08 Å². The summed E-state index contributed by atoms with van der Waals surface area (Å²) in [7, 11) is 0. The maximum Gasteiger partial charge on any atom is 0.331 e. The van der Waals surface area contributed by atoms with Crippen LogP contribution in [0.1, 0.15) is 12.5 Å². The maximum atomic E-state index is 12.0. The highest BCUT2D eigenvalue weighted by molar-refractivity contribution is 6.35. The molecular formula is C15H14Cl2N2O4. The van der Waals surface area contributed by atoms with Gasteiger partial charge in [0.2, 0.25) is 0 Å². The summed E-state index contributed by atoms with van der Waals surface area (Å²) in [5.41, 5.74) is 0.589. The molecule has 2 rings (SSSR count). The molecule has 1 aromatic carbocycles. The van der Waals surface area contributed by atoms with Gasteiger partial charge in [0.1, 0.15) is 0 Å². The van der Waals surface area contributed by atoms with Crippen molar-refractivity contribution in [3.63, 3.8) is 0 Å². The molecule has 1 atom stereocenters. The van der Waals surface area contributed by atoms with Gasteiger partial charge in [-0.2, -0.15) is 0 Å². The molecule has 0 aromatic heterocycles. The number of carbonyl (C=O) groups is 3. The molecule has 0 saturated carbocycles. The molecule has 1 unspecified atom stereocenters. The second-order valence-electron chi connectivity index (χ2n) is 4.80. The SMILES string of the molecule is CC(OC(=O)/C=C/c1ccc(Cl)cc1Cl)C(=O)N1CCNC1=O. The van der Waals surface area contributed by atoms with E-state index >= 15 is 0 Å². The lowest BCUT2D eigenvalue weighted by Crippen LogP contribution is -2.41. The zero-order valence-corrected chi connectivity index (χ0v) is 13.7. The topological polar surface area (TPSA) is 75.7 Å². The van der Waals surface area contributed by atoms with Gasteiger partial charge in [-0.25, -0.2) is 9.59 Å². The predicted molar refractivity (Wildman–Crippen MR) is 86.2 cm³/mol. The van der Waals surface area contributed by atoms with Crippen LogP contribution in [0.4, 0.5) is 4.79 Å². The van der Waals surface area contributed by atoms with Gasteiger partial charge in [-0.05, 0) is 30.7 Å². The average Bonchev–Trinajstić information content (AvgIpc) is 2.91. The molecule has 3 amide bonds. The van der Waals surface area contributed by atoms with E-state index in [9.17, 15) is 14.4 Å². The number of hydrogen-bond acceptors (Lipinski definition) is 4. The number of benzene rings is 1. The summed E-state index contributed by atoms with van der Waals surface area (Å²) in [4.78, 5) is 36.1. The minimum atomic E-state index is -1.06. The molecule has 1 aliphatic rings. The Balaban J connectivity index is 1.94. The molecule has 122 valence electrons. The molecule has 0 aliphatic carbocycles. The summed E-state index contributed by atoms with van der Waals surface area (Å²) >= 11 is 11.8. The number of hydrogen-bond donors (Lipinski definition) is 1. The van der Waals surface area contributed by atoms with Crippen LogP contribution in [0.3, 0.4) is 0 Å². The van der Waals surface area contributed by atoms with Crippen LogP contribution in [0, 0.1) is 0 Å². The average molecular weight is 357 g/mol. The van der Waals surface area contributed by atoms with E-state index in [1.165, 1.54) is 13.0 Å². The summed E-state index contributed by atoms with van der Waals surface area (Å²) in [6.07, 6.45) is 1.56. The molecule has 23 heavy (non-hydrogen) atoms. The Morgan fingerprint density at radius 2 is 2.13 bits per heavy atom. The van der Waals surface area contributed by atoms with Crippen molar-refractivity contribution < 1.29 is 19.1 Å². The Morgan fingerprint density at radius 3 is 2.74 bits per heavy atom. The van der Waals surface area contributed by atoms with Crippen molar-refractivity contribution in [3.05, 3.63) is 39.9 Å². The minimum absolute atomic E-state index is 0.260. The Labute approximate surface area is 143 Å². The monoisotopic (exact) mass is 356 g/mol. The zero-order chi connectivity index (χ0) is 17.0. The zero-order valence-electron chi connectivity index (χ0n) is 12.2. The fraction of sp³-hybridized carbons (Fsp3) is 0.267. The van der Waals surface area contributed by atoms with Gasteiger partial charge in [-0.15, -0.1) is 0 Å². The Morgan fingerprint density at radius 1 is 1.39 bits per heavy atom. The van der Waals surface area contributed by atoms with Crippen molar-refractivity contribution in [1.82, 2.24) is 10.2 Å². The number of halogens is 2. The van der Waals surface area contributed by atoms with E-state index < -0.39 is 24.0 Å². The van der Waals surface area contributed by atoms with Gasteiger partial charge < -0.3 is 10.1 Å². The molecule has 0 spiro atoms. The van der Waals surface area contributed by atoms with Crippen molar-refractivity contribution in [2.75, 3.05) is 13.1 Å². The predicted octanol–water partition coefficient (Wildman–Crippen LogP) is 2.49. The minimum Gasteiger partial charge on any atom is -0.449 e. The van der Waals surface area contributed by atoms with Gasteiger partial charge in [-0.1, -0.05) is 29.3 Å². The third-order valence-corrected chi connectivity index (χ3v) is 3.69. The number of imide groups is 1. The van der Waals surface area contributed by atoms with Crippen LogP contribution in [-0.4, -0.2) is 42.0 Å². The maximum absolute atomic E-state index is 12.0. The number of ether oxygens (including phenoxy) is 1. The van der Waals surface area contributed by atoms with Gasteiger partial charge in [0.25, 0.3) is 5.91 Å². The van der Waals surface area contributed by atoms with Crippen molar-refractivity contribution in [1.29, 1.82) is 0 Å². The first-order valence-corrected chi connectivity index (χ1v) is 7.57. The summed E-state index contributed by atoms with van der Waals surface area (Å²) in [6.45, 7) is 2.06. The van der Waals surface area contributed by atoms with Crippen molar-refractivity contribution in [2.45, 2.75) is 13.0 Å². The first kappa shape index (κ1) is 17.3. The van der Waals surface area contributed by atoms with Crippen LogP contribution in [0.15, 0.2) is 24.3 Å². The first-order chi connectivity index (χ1) is 10.9. The molecular weight excluding hydrogens is 343 g/mol. The quantitative estimate of drug-likeness (QED) is 0.664. The molecule has 1 heterocycles. The number of amides is 3. The normalized spacial score (nSPS) is 15.6. The summed E-state index contributed by atoms with van der Waals surface area (Å²) < 4.78 is 4.99. The van der Waals surface area contributed by atoms with Crippen LogP contribution in [-0.2, 0) is 14.3 Å². The van der Waals surface area contributed by atoms with Crippen LogP contribution in [0.2, 0.25) is 10.0 Å². The Bertz CT molecular complexity index is 675. The lowest BCUT2D eigenvalue weighted by Gasteiger charge is -2.17. The Kier molecular flexibility index (Phi) is 5.63. The number of esters is 1. The standard InChI is InChI=1S/C15H14Cl2N2O4/c1-9(14(21)19-7-6-18-15(19)22)23-13(20)5-3-10-2-4-11(16)8-12(10)17/h2-5,8-9H,6-7H2,1H3,(H,18,22)/b5-3+. The molecule has 1 fully saturated rings. The van der Waals surface area contributed by atoms with E-state index in [-0.39, 0.29) is 6.54 Å². The summed E-state index contributed by atoms with van der Waals surface area (Å²) in [6, 6.07) is 4.35. The van der Waals surface area contributed by atoms with Crippen molar-refractivity contribution >= 4 is 47.2 Å². The molecule has 8 heteroatoms. The molecule has 1 saturated heterocycles. The second kappa shape index (κ2) is 7.48. The van der Waals surface area contributed by atoms with Gasteiger partial charge in [0.05, 0.1) is 0 Å². The van der Waals surface area contributed by atoms with E-state index in [2.05, 4.69) is 5.32 Å². The molecule has 1 aliphatic heterocycles. The number of nitrogens with one attached hydrogen (secondary N) is 1. The van der Waals surface area contributed by atoms with Gasteiger partial charge in [-0.3, -0.25) is 9.69 Å². The highest BCUT2D eigenvalue weighted by Crippen LogP contribution is 2.22. The third kappa shape index (κ3) is 4.46. The van der Waals surface area contributed by atoms with Crippen molar-refractivity contribution in [3.8, 4) is 0 Å². The van der Waals surface area contributed by atoms with Crippen molar-refractivity contribution in [2.24, 2.45) is 0 Å². The lowest BCUT2D eigenvalue weighted by atomic mass is 10.2. The van der Waals surface area contributed by atoms with Crippen LogP contribution < -0.4 is 5.32 Å². The fourth-order valence-electron chi connectivity index (χ4n) is 1.96. The lowest BCUT2D eigenvalue weighted by molar-refractivity contribution is -0.153. The van der Waals surface area contributed by atoms with Gasteiger partial charge in [0.15, 0.2) is 6.10 Å². The molecule has 6 nitrogen and oxygen atoms in total. The number of rotatable bonds is 4. The van der Waals surface area contributed by atoms with Crippen LogP contribution in [0.5, 0.6) is 0 Å². The summed E-state index contributed by atoms with van der Waals surface area (Å²) in [5, 5.41) is 3.37. The molecule has 1 aromatic rings. The highest BCUT2D eigenvalue weighted by Gasteiger charge is 2.31. The molecule has 0 bridgehead atoms. The van der Waals surface area contributed by atoms with E-state index in [1.807, 2.05) is 0 Å². The smallest absolute Gasteiger partial charge is 0.331 e. The van der Waals surface area contributed by atoms with Gasteiger partial charge in [0, 0.05) is 29.2 Å². The van der Waals surface area contributed by atoms with E-state index in [0.29, 0.717) is 22.2 Å². The second-order valence-corrected chi connectivity index (χ2v) is 5.64. The first-order valence-electron chi connectivity index (χ1n) is 6.81. The highest BCUT2D eigenvalue weighted by atomic mass is 35.5. The largest absolute Gasteiger partial charge is 0.449 e. The number of urea groups is 1.